The van der Waals surface area contributed by atoms with Gasteiger partial charge in [0.2, 0.25) is 0 Å². The molecule has 1 heterocycles. The number of hydrogen-bond acceptors (Lipinski definition) is 3. The first-order valence-electron chi connectivity index (χ1n) is 10.4. The van der Waals surface area contributed by atoms with Crippen molar-refractivity contribution in [3.05, 3.63) is 35.4 Å². The highest BCUT2D eigenvalue weighted by Gasteiger charge is 2.28. The molecular formula is C23H36N2O. The van der Waals surface area contributed by atoms with Crippen LogP contribution >= 0.6 is 0 Å². The summed E-state index contributed by atoms with van der Waals surface area (Å²) >= 11 is 0. The number of nitrogens with zero attached hydrogens (tertiary/aromatic N) is 2. The van der Waals surface area contributed by atoms with E-state index in [0.717, 1.165) is 38.5 Å². The van der Waals surface area contributed by atoms with Crippen molar-refractivity contribution < 1.29 is 4.74 Å². The van der Waals surface area contributed by atoms with Crippen LogP contribution in [0.5, 0.6) is 5.75 Å². The second kappa shape index (κ2) is 8.47. The fourth-order valence-electron chi connectivity index (χ4n) is 4.70. The summed E-state index contributed by atoms with van der Waals surface area (Å²) in [5.41, 5.74) is 5.04. The van der Waals surface area contributed by atoms with E-state index in [0.29, 0.717) is 5.41 Å². The molecule has 0 saturated carbocycles. The van der Waals surface area contributed by atoms with Crippen molar-refractivity contribution in [2.75, 3.05) is 44.2 Å². The highest BCUT2D eigenvalue weighted by atomic mass is 16.5. The molecule has 0 N–H and O–H groups in total. The third kappa shape index (κ3) is 4.43. The predicted molar refractivity (Wildman–Crippen MR) is 111 cm³/mol. The lowest BCUT2D eigenvalue weighted by molar-refractivity contribution is 0.247. The summed E-state index contributed by atoms with van der Waals surface area (Å²) in [5.74, 6) is 1.02. The second-order valence-electron chi connectivity index (χ2n) is 8.48. The first-order valence-corrected chi connectivity index (χ1v) is 10.4. The van der Waals surface area contributed by atoms with Crippen LogP contribution in [0.4, 0.5) is 5.69 Å². The molecule has 3 nitrogen and oxygen atoms in total. The summed E-state index contributed by atoms with van der Waals surface area (Å²) in [6.45, 7) is 15.7. The molecule has 0 spiro atoms. The molecule has 1 fully saturated rings. The van der Waals surface area contributed by atoms with Crippen LogP contribution in [0.15, 0.2) is 35.4 Å². The Kier molecular flexibility index (Phi) is 6.29. The van der Waals surface area contributed by atoms with E-state index in [1.165, 1.54) is 37.9 Å². The van der Waals surface area contributed by atoms with Crippen LogP contribution in [0.3, 0.4) is 0 Å². The molecule has 0 aromatic heterocycles. The van der Waals surface area contributed by atoms with Crippen molar-refractivity contribution >= 4 is 5.69 Å². The standard InChI is InChI=1S/C23H36N2O/c1-5-26-22-11-7-6-10-21(22)25-17-15-24(16-18-25)14-12-20-19(2)9-8-13-23(20,3)4/h6-7,10-11H,5,8-9,12-18H2,1-4H3. The number of allylic oxidation sites excluding steroid dienone is 1. The molecule has 1 saturated heterocycles. The van der Waals surface area contributed by atoms with Crippen LogP contribution < -0.4 is 9.64 Å². The highest BCUT2D eigenvalue weighted by Crippen LogP contribution is 2.41. The smallest absolute Gasteiger partial charge is 0.142 e. The van der Waals surface area contributed by atoms with Gasteiger partial charge in [0.1, 0.15) is 5.75 Å². The Morgan fingerprint density at radius 3 is 2.50 bits per heavy atom. The predicted octanol–water partition coefficient (Wildman–Crippen LogP) is 5.12. The van der Waals surface area contributed by atoms with Gasteiger partial charge in [0.05, 0.1) is 12.3 Å². The van der Waals surface area contributed by atoms with Gasteiger partial charge >= 0.3 is 0 Å². The van der Waals surface area contributed by atoms with E-state index >= 15 is 0 Å². The number of piperazine rings is 1. The van der Waals surface area contributed by atoms with E-state index in [4.69, 9.17) is 4.74 Å². The molecule has 2 aliphatic rings. The van der Waals surface area contributed by atoms with E-state index < -0.39 is 0 Å². The highest BCUT2D eigenvalue weighted by molar-refractivity contribution is 5.58. The average Bonchev–Trinajstić information content (AvgIpc) is 2.62. The topological polar surface area (TPSA) is 15.7 Å². The zero-order valence-electron chi connectivity index (χ0n) is 17.2. The molecule has 1 aliphatic heterocycles. The number of anilines is 1. The third-order valence-corrected chi connectivity index (χ3v) is 6.24. The van der Waals surface area contributed by atoms with Gasteiger partial charge in [0, 0.05) is 32.7 Å². The molecule has 0 bridgehead atoms. The maximum atomic E-state index is 5.82. The minimum Gasteiger partial charge on any atom is -0.492 e. The zero-order valence-corrected chi connectivity index (χ0v) is 17.2. The second-order valence-corrected chi connectivity index (χ2v) is 8.48. The number of para-hydroxylation sites is 2. The number of rotatable bonds is 6. The van der Waals surface area contributed by atoms with Crippen molar-refractivity contribution in [3.63, 3.8) is 0 Å². The molecule has 3 heteroatoms. The summed E-state index contributed by atoms with van der Waals surface area (Å²) < 4.78 is 5.82. The molecule has 0 radical (unpaired) electrons. The Hall–Kier alpha value is -1.48. The van der Waals surface area contributed by atoms with Crippen molar-refractivity contribution in [1.82, 2.24) is 4.90 Å². The van der Waals surface area contributed by atoms with Crippen LogP contribution in [0.25, 0.3) is 0 Å². The Bertz CT molecular complexity index is 627. The number of benzene rings is 1. The Morgan fingerprint density at radius 1 is 1.08 bits per heavy atom. The molecule has 1 aliphatic carbocycles. The molecule has 1 aromatic rings. The molecule has 1 aromatic carbocycles. The van der Waals surface area contributed by atoms with E-state index in [-0.39, 0.29) is 0 Å². The normalized spacial score (nSPS) is 21.2. The van der Waals surface area contributed by atoms with Gasteiger partial charge in [0.25, 0.3) is 0 Å². The summed E-state index contributed by atoms with van der Waals surface area (Å²) in [5, 5.41) is 0. The fraction of sp³-hybridized carbons (Fsp3) is 0.652. The zero-order chi connectivity index (χ0) is 18.6. The average molecular weight is 357 g/mol. The SMILES string of the molecule is CCOc1ccccc1N1CCN(CCC2=C(C)CCCC2(C)C)CC1. The molecule has 0 atom stereocenters. The number of hydrogen-bond donors (Lipinski definition) is 0. The maximum absolute atomic E-state index is 5.82. The lowest BCUT2D eigenvalue weighted by Gasteiger charge is -2.39. The van der Waals surface area contributed by atoms with Gasteiger partial charge < -0.3 is 9.64 Å². The molecule has 26 heavy (non-hydrogen) atoms. The lowest BCUT2D eigenvalue weighted by Crippen LogP contribution is -2.47. The molecule has 0 unspecified atom stereocenters. The first kappa shape index (κ1) is 19.3. The van der Waals surface area contributed by atoms with Gasteiger partial charge in [0.15, 0.2) is 0 Å². The van der Waals surface area contributed by atoms with Crippen molar-refractivity contribution in [2.45, 2.75) is 53.4 Å². The van der Waals surface area contributed by atoms with E-state index in [9.17, 15) is 0 Å². The van der Waals surface area contributed by atoms with Crippen LogP contribution in [-0.4, -0.2) is 44.2 Å². The van der Waals surface area contributed by atoms with Gasteiger partial charge in [-0.3, -0.25) is 4.90 Å². The van der Waals surface area contributed by atoms with Crippen LogP contribution in [-0.2, 0) is 0 Å². The summed E-state index contributed by atoms with van der Waals surface area (Å²) in [6, 6.07) is 8.46. The van der Waals surface area contributed by atoms with Crippen LogP contribution in [0, 0.1) is 5.41 Å². The molecule has 144 valence electrons. The van der Waals surface area contributed by atoms with Crippen LogP contribution in [0.1, 0.15) is 53.4 Å². The summed E-state index contributed by atoms with van der Waals surface area (Å²) in [7, 11) is 0. The van der Waals surface area contributed by atoms with Gasteiger partial charge in [-0.05, 0) is 57.1 Å². The van der Waals surface area contributed by atoms with Gasteiger partial charge in [-0.1, -0.05) is 37.1 Å². The Balaban J connectivity index is 1.55. The fourth-order valence-corrected chi connectivity index (χ4v) is 4.70. The van der Waals surface area contributed by atoms with E-state index in [1.54, 1.807) is 11.1 Å². The van der Waals surface area contributed by atoms with Crippen molar-refractivity contribution in [3.8, 4) is 5.75 Å². The summed E-state index contributed by atoms with van der Waals surface area (Å²) in [4.78, 5) is 5.13. The minimum atomic E-state index is 0.403. The lowest BCUT2D eigenvalue weighted by atomic mass is 9.71. The Labute approximate surface area is 160 Å². The molecular weight excluding hydrogens is 320 g/mol. The van der Waals surface area contributed by atoms with Crippen molar-refractivity contribution in [1.29, 1.82) is 0 Å². The quantitative estimate of drug-likeness (QED) is 0.658. The monoisotopic (exact) mass is 356 g/mol. The van der Waals surface area contributed by atoms with E-state index in [1.807, 2.05) is 0 Å². The molecule has 3 rings (SSSR count). The molecule has 0 amide bonds. The maximum Gasteiger partial charge on any atom is 0.142 e. The van der Waals surface area contributed by atoms with Gasteiger partial charge in [-0.25, -0.2) is 0 Å². The third-order valence-electron chi connectivity index (χ3n) is 6.24. The minimum absolute atomic E-state index is 0.403. The Morgan fingerprint density at radius 2 is 1.81 bits per heavy atom. The van der Waals surface area contributed by atoms with Gasteiger partial charge in [-0.2, -0.15) is 0 Å². The largest absolute Gasteiger partial charge is 0.492 e. The van der Waals surface area contributed by atoms with Crippen molar-refractivity contribution in [2.24, 2.45) is 5.41 Å². The van der Waals surface area contributed by atoms with Crippen LogP contribution in [0.2, 0.25) is 0 Å². The first-order chi connectivity index (χ1) is 12.5. The summed E-state index contributed by atoms with van der Waals surface area (Å²) in [6.07, 6.45) is 5.26. The number of ether oxygens (including phenoxy) is 1. The van der Waals surface area contributed by atoms with E-state index in [2.05, 4.69) is 61.8 Å². The van der Waals surface area contributed by atoms with Gasteiger partial charge in [-0.15, -0.1) is 0 Å².